The number of carbonyl (C=O) groups is 1. The van der Waals surface area contributed by atoms with Crippen molar-refractivity contribution in [3.05, 3.63) is 36.5 Å². The van der Waals surface area contributed by atoms with E-state index in [0.717, 1.165) is 29.8 Å². The Morgan fingerprint density at radius 2 is 1.97 bits per heavy atom. The molecule has 0 radical (unpaired) electrons. The molecule has 0 N–H and O–H groups in total. The lowest BCUT2D eigenvalue weighted by Crippen LogP contribution is -2.47. The van der Waals surface area contributed by atoms with Crippen molar-refractivity contribution in [2.45, 2.75) is 51.2 Å². The predicted octanol–water partition coefficient (Wildman–Crippen LogP) is 3.92. The van der Waals surface area contributed by atoms with Crippen LogP contribution in [0.15, 0.2) is 35.2 Å². The van der Waals surface area contributed by atoms with Gasteiger partial charge in [0, 0.05) is 24.6 Å². The van der Waals surface area contributed by atoms with Gasteiger partial charge in [0.25, 0.3) is 5.89 Å². The van der Waals surface area contributed by atoms with Gasteiger partial charge in [0.1, 0.15) is 5.60 Å². The van der Waals surface area contributed by atoms with Crippen LogP contribution in [0.1, 0.15) is 45.4 Å². The minimum atomic E-state index is -0.495. The highest BCUT2D eigenvalue weighted by molar-refractivity contribution is 5.73. The number of piperidine rings is 1. The van der Waals surface area contributed by atoms with Crippen LogP contribution in [0.25, 0.3) is 11.5 Å². The molecule has 5 rings (SSSR count). The molecule has 3 aliphatic heterocycles. The summed E-state index contributed by atoms with van der Waals surface area (Å²) in [7, 11) is 0. The van der Waals surface area contributed by atoms with E-state index < -0.39 is 5.60 Å². The van der Waals surface area contributed by atoms with E-state index >= 15 is 0 Å². The van der Waals surface area contributed by atoms with Crippen LogP contribution in [-0.4, -0.2) is 59.1 Å². The lowest BCUT2D eigenvalue weighted by Gasteiger charge is -2.35. The molecule has 3 aliphatic rings. The highest BCUT2D eigenvalue weighted by Crippen LogP contribution is 2.43. The van der Waals surface area contributed by atoms with Gasteiger partial charge in [-0.05, 0) is 58.4 Å². The van der Waals surface area contributed by atoms with E-state index in [-0.39, 0.29) is 18.1 Å². The molecular weight excluding hydrogens is 412 g/mol. The number of fused-ring (bicyclic) bond motifs is 1. The lowest BCUT2D eigenvalue weighted by molar-refractivity contribution is 0.00945. The van der Waals surface area contributed by atoms with E-state index in [1.807, 2.05) is 39.0 Å². The van der Waals surface area contributed by atoms with Crippen LogP contribution in [0.3, 0.4) is 0 Å². The fourth-order valence-electron chi connectivity index (χ4n) is 4.17. The number of hydrogen-bond acceptors (Lipinski definition) is 8. The van der Waals surface area contributed by atoms with Crippen LogP contribution >= 0.6 is 0 Å². The van der Waals surface area contributed by atoms with Gasteiger partial charge in [-0.15, -0.1) is 0 Å². The predicted molar refractivity (Wildman–Crippen MR) is 116 cm³/mol. The fourth-order valence-corrected chi connectivity index (χ4v) is 4.17. The molecule has 1 amide bonds. The minimum Gasteiger partial charge on any atom is -0.444 e. The Balaban J connectivity index is 1.27. The maximum Gasteiger partial charge on any atom is 0.410 e. The zero-order chi connectivity index (χ0) is 22.5. The van der Waals surface area contributed by atoms with E-state index in [9.17, 15) is 4.79 Å². The van der Waals surface area contributed by atoms with Gasteiger partial charge in [-0.25, -0.2) is 4.79 Å². The topological polar surface area (TPSA) is 90.2 Å². The van der Waals surface area contributed by atoms with Crippen molar-refractivity contribution < 1.29 is 23.5 Å². The summed E-state index contributed by atoms with van der Waals surface area (Å²) in [5, 5.41) is 4.23. The third kappa shape index (κ3) is 3.92. The summed E-state index contributed by atoms with van der Waals surface area (Å²) in [5.41, 5.74) is 1.27. The van der Waals surface area contributed by atoms with Crippen molar-refractivity contribution in [3.63, 3.8) is 0 Å². The van der Waals surface area contributed by atoms with E-state index in [1.54, 1.807) is 4.90 Å². The molecule has 9 nitrogen and oxygen atoms in total. The number of carbonyl (C=O) groups excluding carboxylic acids is 1. The Hall–Kier alpha value is -3.07. The number of rotatable bonds is 3. The summed E-state index contributed by atoms with van der Waals surface area (Å²) in [6.45, 7) is 12.2. The number of nitrogens with zero attached hydrogens (tertiary/aromatic N) is 4. The van der Waals surface area contributed by atoms with E-state index in [0.29, 0.717) is 43.9 Å². The number of ether oxygens (including phenoxy) is 3. The molecule has 0 unspecified atom stereocenters. The highest BCUT2D eigenvalue weighted by Gasteiger charge is 2.36. The van der Waals surface area contributed by atoms with Gasteiger partial charge in [0.15, 0.2) is 17.5 Å². The third-order valence-corrected chi connectivity index (χ3v) is 5.90. The first kappa shape index (κ1) is 20.8. The van der Waals surface area contributed by atoms with Crippen LogP contribution in [-0.2, 0) is 9.47 Å². The third-order valence-electron chi connectivity index (χ3n) is 5.90. The molecule has 2 fully saturated rings. The molecule has 0 atom stereocenters. The second-order valence-corrected chi connectivity index (χ2v) is 9.44. The smallest absolute Gasteiger partial charge is 0.410 e. The number of anilines is 1. The molecule has 2 saturated heterocycles. The molecule has 1 aromatic heterocycles. The second-order valence-electron chi connectivity index (χ2n) is 9.44. The average Bonchev–Trinajstić information content (AvgIpc) is 3.31. The van der Waals surface area contributed by atoms with Gasteiger partial charge in [-0.2, -0.15) is 4.98 Å². The minimum absolute atomic E-state index is 0.146. The standard InChI is InChI=1S/C23H28N4O5/c1-14-27(17-12-29-13-17)18-11-16(5-6-19(18)30-14)21-24-20(25-32-21)15-7-9-26(10-8-15)22(28)31-23(2,3)4/h5-6,11,15,17H,1,7-10,12-13H2,2-4H3. The van der Waals surface area contributed by atoms with Crippen molar-refractivity contribution in [3.8, 4) is 17.2 Å². The maximum absolute atomic E-state index is 12.3. The van der Waals surface area contributed by atoms with Crippen molar-refractivity contribution >= 4 is 11.8 Å². The Kier molecular flexibility index (Phi) is 5.08. The first-order valence-corrected chi connectivity index (χ1v) is 11.0. The molecule has 9 heteroatoms. The Labute approximate surface area is 186 Å². The molecule has 4 heterocycles. The van der Waals surface area contributed by atoms with Crippen molar-refractivity contribution in [1.82, 2.24) is 15.0 Å². The average molecular weight is 441 g/mol. The quantitative estimate of drug-likeness (QED) is 0.709. The van der Waals surface area contributed by atoms with E-state index in [4.69, 9.17) is 18.7 Å². The number of amides is 1. The van der Waals surface area contributed by atoms with Crippen LogP contribution < -0.4 is 9.64 Å². The zero-order valence-electron chi connectivity index (χ0n) is 18.7. The molecule has 1 aromatic carbocycles. The molecule has 0 spiro atoms. The number of aromatic nitrogens is 2. The van der Waals surface area contributed by atoms with E-state index in [2.05, 4.69) is 21.6 Å². The van der Waals surface area contributed by atoms with Crippen LogP contribution in [0.4, 0.5) is 10.5 Å². The van der Waals surface area contributed by atoms with Gasteiger partial charge in [-0.1, -0.05) is 5.16 Å². The van der Waals surface area contributed by atoms with Gasteiger partial charge in [-0.3, -0.25) is 0 Å². The summed E-state index contributed by atoms with van der Waals surface area (Å²) < 4.78 is 22.2. The largest absolute Gasteiger partial charge is 0.444 e. The summed E-state index contributed by atoms with van der Waals surface area (Å²) in [6, 6.07) is 6.04. The van der Waals surface area contributed by atoms with Crippen molar-refractivity contribution in [2.24, 2.45) is 0 Å². The number of benzene rings is 1. The summed E-state index contributed by atoms with van der Waals surface area (Å²) >= 11 is 0. The van der Waals surface area contributed by atoms with Gasteiger partial charge >= 0.3 is 6.09 Å². The zero-order valence-corrected chi connectivity index (χ0v) is 18.7. The number of likely N-dealkylation sites (tertiary alicyclic amines) is 1. The van der Waals surface area contributed by atoms with Crippen LogP contribution in [0.2, 0.25) is 0 Å². The Bertz CT molecular complexity index is 1030. The molecule has 2 aromatic rings. The molecule has 0 bridgehead atoms. The summed E-state index contributed by atoms with van der Waals surface area (Å²) in [4.78, 5) is 20.8. The SMILES string of the molecule is C=C1Oc2ccc(-c3nc(C4CCN(C(=O)OC(C)(C)C)CC4)no3)cc2N1C1COC1. The summed E-state index contributed by atoms with van der Waals surface area (Å²) in [5.74, 6) is 2.66. The van der Waals surface area contributed by atoms with Crippen LogP contribution in [0.5, 0.6) is 5.75 Å². The maximum atomic E-state index is 12.3. The van der Waals surface area contributed by atoms with Crippen molar-refractivity contribution in [1.29, 1.82) is 0 Å². The Morgan fingerprint density at radius 3 is 2.62 bits per heavy atom. The molecular formula is C23H28N4O5. The first-order valence-electron chi connectivity index (χ1n) is 11.0. The molecule has 32 heavy (non-hydrogen) atoms. The molecule has 170 valence electrons. The van der Waals surface area contributed by atoms with Gasteiger partial charge in [0.2, 0.25) is 0 Å². The first-order chi connectivity index (χ1) is 15.3. The number of hydrogen-bond donors (Lipinski definition) is 0. The van der Waals surface area contributed by atoms with Gasteiger partial charge in [0.05, 0.1) is 24.9 Å². The second kappa shape index (κ2) is 7.81. The monoisotopic (exact) mass is 440 g/mol. The van der Waals surface area contributed by atoms with Crippen molar-refractivity contribution in [2.75, 3.05) is 31.2 Å². The molecule has 0 aliphatic carbocycles. The highest BCUT2D eigenvalue weighted by atomic mass is 16.6. The fraction of sp³-hybridized carbons (Fsp3) is 0.522. The summed E-state index contributed by atoms with van der Waals surface area (Å²) in [6.07, 6.45) is 1.27. The van der Waals surface area contributed by atoms with Gasteiger partial charge < -0.3 is 28.5 Å². The Morgan fingerprint density at radius 1 is 1.22 bits per heavy atom. The van der Waals surface area contributed by atoms with Crippen LogP contribution in [0, 0.1) is 0 Å². The molecule has 0 saturated carbocycles. The lowest BCUT2D eigenvalue weighted by atomic mass is 9.96. The normalized spacial score (nSPS) is 19.5. The van der Waals surface area contributed by atoms with E-state index in [1.165, 1.54) is 0 Å².